The number of aromatic carboxylic acids is 1. The first kappa shape index (κ1) is 13.8. The van der Waals surface area contributed by atoms with Crippen LogP contribution in [-0.4, -0.2) is 21.3 Å². The molecule has 0 fully saturated rings. The summed E-state index contributed by atoms with van der Waals surface area (Å²) in [4.78, 5) is 33.9. The van der Waals surface area contributed by atoms with Crippen LogP contribution in [-0.2, 0) is 9.59 Å². The second-order valence-corrected chi connectivity index (χ2v) is 5.69. The first-order valence-corrected chi connectivity index (χ1v) is 6.27. The standard InChI is InChI=1S/C11H10O4S2/c1-6(12)16-9-3-8(11(14)15)4-10(5-9)17-7(2)13/h3-5H,1-2H3,(H,14,15). The van der Waals surface area contributed by atoms with Crippen LogP contribution in [0.25, 0.3) is 0 Å². The van der Waals surface area contributed by atoms with E-state index < -0.39 is 5.97 Å². The normalized spacial score (nSPS) is 10.0. The highest BCUT2D eigenvalue weighted by Crippen LogP contribution is 2.28. The molecule has 17 heavy (non-hydrogen) atoms. The molecular formula is C11H10O4S2. The van der Waals surface area contributed by atoms with Crippen molar-refractivity contribution in [2.24, 2.45) is 0 Å². The summed E-state index contributed by atoms with van der Waals surface area (Å²) in [6, 6.07) is 4.46. The minimum Gasteiger partial charge on any atom is -0.478 e. The number of carboxylic acids is 1. The lowest BCUT2D eigenvalue weighted by atomic mass is 10.2. The molecule has 0 aromatic heterocycles. The summed E-state index contributed by atoms with van der Waals surface area (Å²) in [6.45, 7) is 2.80. The third kappa shape index (κ3) is 4.62. The van der Waals surface area contributed by atoms with Gasteiger partial charge in [-0.2, -0.15) is 0 Å². The summed E-state index contributed by atoms with van der Waals surface area (Å²) in [6.07, 6.45) is 0. The van der Waals surface area contributed by atoms with Crippen LogP contribution in [0.5, 0.6) is 0 Å². The van der Waals surface area contributed by atoms with Gasteiger partial charge < -0.3 is 5.11 Å². The van der Waals surface area contributed by atoms with Gasteiger partial charge in [0.05, 0.1) is 5.56 Å². The first-order valence-electron chi connectivity index (χ1n) is 4.63. The van der Waals surface area contributed by atoms with Crippen molar-refractivity contribution < 1.29 is 19.5 Å². The van der Waals surface area contributed by atoms with E-state index in [1.807, 2.05) is 0 Å². The highest BCUT2D eigenvalue weighted by molar-refractivity contribution is 8.14. The van der Waals surface area contributed by atoms with E-state index in [2.05, 4.69) is 0 Å². The predicted octanol–water partition coefficient (Wildman–Crippen LogP) is 2.66. The van der Waals surface area contributed by atoms with Crippen molar-refractivity contribution in [1.82, 2.24) is 0 Å². The van der Waals surface area contributed by atoms with Gasteiger partial charge in [-0.1, -0.05) is 23.5 Å². The van der Waals surface area contributed by atoms with E-state index >= 15 is 0 Å². The summed E-state index contributed by atoms with van der Waals surface area (Å²) < 4.78 is 0. The van der Waals surface area contributed by atoms with E-state index in [0.29, 0.717) is 9.79 Å². The van der Waals surface area contributed by atoms with Crippen LogP contribution in [0.15, 0.2) is 28.0 Å². The van der Waals surface area contributed by atoms with E-state index in [0.717, 1.165) is 23.5 Å². The Morgan fingerprint density at radius 2 is 1.35 bits per heavy atom. The Labute approximate surface area is 107 Å². The first-order chi connectivity index (χ1) is 7.88. The number of hydrogen-bond acceptors (Lipinski definition) is 5. The van der Waals surface area contributed by atoms with Crippen molar-refractivity contribution in [3.05, 3.63) is 23.8 Å². The number of carbonyl (C=O) groups is 3. The molecule has 1 aromatic carbocycles. The Morgan fingerprint density at radius 1 is 0.941 bits per heavy atom. The maximum atomic E-state index is 11.0. The SMILES string of the molecule is CC(=O)Sc1cc(SC(C)=O)cc(C(=O)O)c1. The number of carbonyl (C=O) groups excluding carboxylic acids is 2. The molecule has 0 unspecified atom stereocenters. The minimum atomic E-state index is -1.08. The van der Waals surface area contributed by atoms with Crippen molar-refractivity contribution in [1.29, 1.82) is 0 Å². The maximum Gasteiger partial charge on any atom is 0.335 e. The molecular weight excluding hydrogens is 260 g/mol. The van der Waals surface area contributed by atoms with Gasteiger partial charge in [-0.05, 0) is 18.2 Å². The topological polar surface area (TPSA) is 71.4 Å². The molecule has 0 saturated carbocycles. The fourth-order valence-electron chi connectivity index (χ4n) is 1.14. The molecule has 6 heteroatoms. The van der Waals surface area contributed by atoms with E-state index in [1.165, 1.54) is 26.0 Å². The van der Waals surface area contributed by atoms with E-state index in [1.54, 1.807) is 6.07 Å². The monoisotopic (exact) mass is 270 g/mol. The van der Waals surface area contributed by atoms with Gasteiger partial charge in [0.25, 0.3) is 0 Å². The molecule has 0 bridgehead atoms. The summed E-state index contributed by atoms with van der Waals surface area (Å²) in [5.41, 5.74) is 0.0694. The molecule has 0 aliphatic heterocycles. The largest absolute Gasteiger partial charge is 0.478 e. The minimum absolute atomic E-state index is 0.0694. The van der Waals surface area contributed by atoms with Gasteiger partial charge >= 0.3 is 5.97 Å². The zero-order valence-corrected chi connectivity index (χ0v) is 10.9. The van der Waals surface area contributed by atoms with Crippen LogP contribution >= 0.6 is 23.5 Å². The second-order valence-electron chi connectivity index (χ2n) is 3.19. The Morgan fingerprint density at radius 3 is 1.65 bits per heavy atom. The third-order valence-corrected chi connectivity index (χ3v) is 3.17. The molecule has 0 radical (unpaired) electrons. The number of rotatable bonds is 3. The Bertz CT molecular complexity index is 448. The van der Waals surface area contributed by atoms with Gasteiger partial charge in [-0.3, -0.25) is 9.59 Å². The molecule has 0 spiro atoms. The summed E-state index contributed by atoms with van der Waals surface area (Å²) >= 11 is 1.89. The summed E-state index contributed by atoms with van der Waals surface area (Å²) in [7, 11) is 0. The highest BCUT2D eigenvalue weighted by atomic mass is 32.2. The second kappa shape index (κ2) is 5.88. The number of carboxylic acid groups (broad SMARTS) is 1. The fourth-order valence-corrected chi connectivity index (χ4v) is 2.63. The van der Waals surface area contributed by atoms with Crippen molar-refractivity contribution in [3.63, 3.8) is 0 Å². The fraction of sp³-hybridized carbons (Fsp3) is 0.182. The van der Waals surface area contributed by atoms with Crippen LogP contribution in [0.4, 0.5) is 0 Å². The molecule has 0 atom stereocenters. The number of hydrogen-bond donors (Lipinski definition) is 1. The third-order valence-electron chi connectivity index (χ3n) is 1.65. The van der Waals surface area contributed by atoms with Crippen LogP contribution in [0.3, 0.4) is 0 Å². The lowest BCUT2D eigenvalue weighted by molar-refractivity contribution is -0.109. The van der Waals surface area contributed by atoms with Gasteiger partial charge in [0.15, 0.2) is 10.2 Å². The molecule has 0 saturated heterocycles. The van der Waals surface area contributed by atoms with Crippen LogP contribution in [0, 0.1) is 0 Å². The molecule has 0 aliphatic carbocycles. The molecule has 1 N–H and O–H groups in total. The Hall–Kier alpha value is -1.27. The van der Waals surface area contributed by atoms with Gasteiger partial charge in [0.2, 0.25) is 0 Å². The predicted molar refractivity (Wildman–Crippen MR) is 66.5 cm³/mol. The molecule has 0 amide bonds. The van der Waals surface area contributed by atoms with Crippen LogP contribution < -0.4 is 0 Å². The van der Waals surface area contributed by atoms with E-state index in [-0.39, 0.29) is 15.8 Å². The van der Waals surface area contributed by atoms with Gasteiger partial charge in [-0.25, -0.2) is 4.79 Å². The van der Waals surface area contributed by atoms with Gasteiger partial charge in [0.1, 0.15) is 0 Å². The highest BCUT2D eigenvalue weighted by Gasteiger charge is 2.10. The van der Waals surface area contributed by atoms with Crippen molar-refractivity contribution >= 4 is 39.7 Å². The molecule has 1 aromatic rings. The maximum absolute atomic E-state index is 11.0. The van der Waals surface area contributed by atoms with Gasteiger partial charge in [-0.15, -0.1) is 0 Å². The smallest absolute Gasteiger partial charge is 0.335 e. The van der Waals surface area contributed by atoms with E-state index in [9.17, 15) is 14.4 Å². The summed E-state index contributed by atoms with van der Waals surface area (Å²) in [5.74, 6) is -1.08. The van der Waals surface area contributed by atoms with Crippen molar-refractivity contribution in [3.8, 4) is 0 Å². The average molecular weight is 270 g/mol. The number of benzene rings is 1. The van der Waals surface area contributed by atoms with Crippen LogP contribution in [0.2, 0.25) is 0 Å². The molecule has 1 rings (SSSR count). The van der Waals surface area contributed by atoms with Crippen LogP contribution in [0.1, 0.15) is 24.2 Å². The lowest BCUT2D eigenvalue weighted by Gasteiger charge is -2.04. The number of thioether (sulfide) groups is 2. The zero-order valence-electron chi connectivity index (χ0n) is 9.22. The lowest BCUT2D eigenvalue weighted by Crippen LogP contribution is -1.97. The van der Waals surface area contributed by atoms with Crippen molar-refractivity contribution in [2.45, 2.75) is 23.6 Å². The van der Waals surface area contributed by atoms with E-state index in [4.69, 9.17) is 5.11 Å². The van der Waals surface area contributed by atoms with Crippen molar-refractivity contribution in [2.75, 3.05) is 0 Å². The molecule has 0 heterocycles. The zero-order chi connectivity index (χ0) is 13.0. The molecule has 90 valence electrons. The average Bonchev–Trinajstić information content (AvgIpc) is 2.14. The Kier molecular flexibility index (Phi) is 4.77. The molecule has 0 aliphatic rings. The Balaban J connectivity index is 3.13. The quantitative estimate of drug-likeness (QED) is 0.851. The molecule has 4 nitrogen and oxygen atoms in total. The summed E-state index contributed by atoms with van der Waals surface area (Å²) in [5, 5.41) is 8.65. The van der Waals surface area contributed by atoms with Gasteiger partial charge in [0, 0.05) is 23.6 Å².